The maximum atomic E-state index is 11.1. The van der Waals surface area contributed by atoms with E-state index in [0.717, 1.165) is 4.31 Å². The summed E-state index contributed by atoms with van der Waals surface area (Å²) in [5.41, 5.74) is 0. The van der Waals surface area contributed by atoms with Gasteiger partial charge in [-0.15, -0.1) is 5.10 Å². The first-order valence-corrected chi connectivity index (χ1v) is 5.88. The van der Waals surface area contributed by atoms with Crippen molar-refractivity contribution in [2.75, 3.05) is 17.9 Å². The van der Waals surface area contributed by atoms with Crippen LogP contribution in [0.15, 0.2) is 18.3 Å². The van der Waals surface area contributed by atoms with Crippen molar-refractivity contribution in [3.63, 3.8) is 0 Å². The molecule has 88 valence electrons. The van der Waals surface area contributed by atoms with Crippen LogP contribution in [0.5, 0.6) is 0 Å². The zero-order chi connectivity index (χ0) is 11.6. The van der Waals surface area contributed by atoms with Crippen LogP contribution in [0.25, 0.3) is 0 Å². The number of aromatic nitrogens is 2. The largest absolute Gasteiger partial charge is 0.446 e. The van der Waals surface area contributed by atoms with E-state index in [1.807, 2.05) is 0 Å². The number of cyclic esters (lactones) is 1. The number of carbonyl (C=O) groups is 1. The smallest absolute Gasteiger partial charge is 0.429 e. The summed E-state index contributed by atoms with van der Waals surface area (Å²) in [4.78, 5) is 11.1. The van der Waals surface area contributed by atoms with Crippen LogP contribution in [-0.4, -0.2) is 42.9 Å². The van der Waals surface area contributed by atoms with Gasteiger partial charge in [0.2, 0.25) is 0 Å². The minimum absolute atomic E-state index is 0.119. The Bertz CT molecular complexity index is 387. The second-order valence-electron chi connectivity index (χ2n) is 2.95. The predicted molar refractivity (Wildman–Crippen MR) is 56.6 cm³/mol. The monoisotopic (exact) mass is 246 g/mol. The number of hydrogen-bond acceptors (Lipinski definition) is 7. The Balaban J connectivity index is 2.10. The molecule has 1 saturated heterocycles. The summed E-state index contributed by atoms with van der Waals surface area (Å²) in [6.07, 6.45) is 0.678. The number of hydrogen-bond donors (Lipinski definition) is 3. The average molecular weight is 246 g/mol. The minimum Gasteiger partial charge on any atom is -0.446 e. The lowest BCUT2D eigenvalue weighted by molar-refractivity contribution is 0.168. The van der Waals surface area contributed by atoms with E-state index in [1.54, 1.807) is 6.07 Å². The molecule has 1 aliphatic heterocycles. The molecule has 3 N–H and O–H groups in total. The van der Waals surface area contributed by atoms with Crippen molar-refractivity contribution in [1.29, 1.82) is 0 Å². The Morgan fingerprint density at radius 2 is 2.38 bits per heavy atom. The molecule has 2 rings (SSSR count). The van der Waals surface area contributed by atoms with Crippen LogP contribution in [-0.2, 0) is 4.74 Å². The number of rotatable bonds is 3. The van der Waals surface area contributed by atoms with Gasteiger partial charge >= 0.3 is 6.09 Å². The van der Waals surface area contributed by atoms with Gasteiger partial charge in [-0.05, 0) is 23.1 Å². The van der Waals surface area contributed by atoms with E-state index in [1.165, 1.54) is 12.3 Å². The van der Waals surface area contributed by atoms with Gasteiger partial charge in [0.05, 0.1) is 6.54 Å². The standard InChI is InChI=1S/C7H10N4O4S/c12-7-11(4-5-15-7)16(13,14)10-6-2-1-3-8-9-6/h1-3,13-14H,4-5H2,(H,9,10). The van der Waals surface area contributed by atoms with Crippen LogP contribution in [0.1, 0.15) is 0 Å². The number of nitrogens with zero attached hydrogens (tertiary/aromatic N) is 3. The van der Waals surface area contributed by atoms with Gasteiger partial charge in [0.15, 0.2) is 5.82 Å². The van der Waals surface area contributed by atoms with Crippen molar-refractivity contribution in [1.82, 2.24) is 14.5 Å². The Hall–Kier alpha value is -1.58. The van der Waals surface area contributed by atoms with Gasteiger partial charge < -0.3 is 4.74 Å². The first kappa shape index (κ1) is 10.9. The van der Waals surface area contributed by atoms with Gasteiger partial charge in [0, 0.05) is 6.20 Å². The molecule has 1 amide bonds. The third-order valence-corrected chi connectivity index (χ3v) is 3.27. The van der Waals surface area contributed by atoms with Gasteiger partial charge in [-0.3, -0.25) is 9.11 Å². The number of carbonyl (C=O) groups excluding carboxylic acids is 1. The molecular formula is C7H10N4O4S. The van der Waals surface area contributed by atoms with Crippen LogP contribution >= 0.6 is 11.0 Å². The molecule has 0 bridgehead atoms. The summed E-state index contributed by atoms with van der Waals surface area (Å²) in [6.45, 7) is 0.255. The van der Waals surface area contributed by atoms with Gasteiger partial charge in [0.1, 0.15) is 6.61 Å². The molecule has 0 aliphatic carbocycles. The zero-order valence-corrected chi connectivity index (χ0v) is 8.92. The van der Waals surface area contributed by atoms with Crippen molar-refractivity contribution in [3.8, 4) is 0 Å². The maximum Gasteiger partial charge on any atom is 0.429 e. The molecule has 16 heavy (non-hydrogen) atoms. The molecule has 1 aromatic rings. The molecule has 1 fully saturated rings. The fourth-order valence-electron chi connectivity index (χ4n) is 1.16. The Labute approximate surface area is 92.8 Å². The normalized spacial score (nSPS) is 17.1. The molecule has 1 aliphatic rings. The molecule has 8 nitrogen and oxygen atoms in total. The lowest BCUT2D eigenvalue weighted by atomic mass is 10.6. The number of nitrogens with one attached hydrogen (secondary N) is 1. The highest BCUT2D eigenvalue weighted by molar-refractivity contribution is 8.23. The average Bonchev–Trinajstić information content (AvgIpc) is 2.66. The summed E-state index contributed by atoms with van der Waals surface area (Å²) in [6, 6.07) is 3.08. The zero-order valence-electron chi connectivity index (χ0n) is 8.11. The summed E-state index contributed by atoms with van der Waals surface area (Å²) >= 11 is 0. The third-order valence-electron chi connectivity index (χ3n) is 1.84. The van der Waals surface area contributed by atoms with E-state index in [-0.39, 0.29) is 19.0 Å². The highest BCUT2D eigenvalue weighted by atomic mass is 32.3. The van der Waals surface area contributed by atoms with Gasteiger partial charge in [-0.2, -0.15) is 9.40 Å². The third kappa shape index (κ3) is 2.15. The maximum absolute atomic E-state index is 11.1. The van der Waals surface area contributed by atoms with Crippen LogP contribution in [0, 0.1) is 0 Å². The van der Waals surface area contributed by atoms with Crippen molar-refractivity contribution in [3.05, 3.63) is 18.3 Å². The van der Waals surface area contributed by atoms with E-state index >= 15 is 0 Å². The van der Waals surface area contributed by atoms with Crippen molar-refractivity contribution < 1.29 is 18.6 Å². The van der Waals surface area contributed by atoms with E-state index in [4.69, 9.17) is 0 Å². The molecule has 1 aromatic heterocycles. The number of anilines is 1. The topological polar surface area (TPSA) is 108 Å². The van der Waals surface area contributed by atoms with Gasteiger partial charge in [0.25, 0.3) is 0 Å². The van der Waals surface area contributed by atoms with Crippen molar-refractivity contribution >= 4 is 22.9 Å². The molecule has 2 heterocycles. The molecule has 9 heteroatoms. The number of amides is 1. The predicted octanol–water partition coefficient (Wildman–Crippen LogP) is 0.921. The first-order valence-electron chi connectivity index (χ1n) is 4.38. The Morgan fingerprint density at radius 1 is 1.56 bits per heavy atom. The lowest BCUT2D eigenvalue weighted by Gasteiger charge is -2.38. The highest BCUT2D eigenvalue weighted by Gasteiger charge is 2.34. The first-order chi connectivity index (χ1) is 7.59. The molecule has 0 atom stereocenters. The SMILES string of the molecule is O=C1OCCN1S(O)(O)Nc1cccnn1. The molecule has 0 aromatic carbocycles. The fourth-order valence-corrected chi connectivity index (χ4v) is 2.25. The van der Waals surface area contributed by atoms with Crippen LogP contribution in [0.3, 0.4) is 0 Å². The van der Waals surface area contributed by atoms with E-state index in [2.05, 4.69) is 19.7 Å². The highest BCUT2D eigenvalue weighted by Crippen LogP contribution is 2.44. The lowest BCUT2D eigenvalue weighted by Crippen LogP contribution is -2.32. The van der Waals surface area contributed by atoms with Gasteiger partial charge in [-0.1, -0.05) is 0 Å². The second kappa shape index (κ2) is 4.12. The van der Waals surface area contributed by atoms with Crippen LogP contribution in [0.4, 0.5) is 10.6 Å². The quantitative estimate of drug-likeness (QED) is 0.727. The van der Waals surface area contributed by atoms with E-state index in [9.17, 15) is 13.9 Å². The summed E-state index contributed by atoms with van der Waals surface area (Å²) in [5.74, 6) is 0.169. The van der Waals surface area contributed by atoms with Crippen molar-refractivity contribution in [2.45, 2.75) is 0 Å². The van der Waals surface area contributed by atoms with Gasteiger partial charge in [-0.25, -0.2) is 9.52 Å². The van der Waals surface area contributed by atoms with Crippen LogP contribution < -0.4 is 4.72 Å². The van der Waals surface area contributed by atoms with Crippen LogP contribution in [0.2, 0.25) is 0 Å². The second-order valence-corrected chi connectivity index (χ2v) is 4.63. The fraction of sp³-hybridized carbons (Fsp3) is 0.286. The molecule has 0 spiro atoms. The summed E-state index contributed by atoms with van der Waals surface area (Å²) in [5, 5.41) is 7.18. The summed E-state index contributed by atoms with van der Waals surface area (Å²) < 4.78 is 27.2. The van der Waals surface area contributed by atoms with E-state index in [0.29, 0.717) is 0 Å². The molecular weight excluding hydrogens is 236 g/mol. The Kier molecular flexibility index (Phi) is 2.81. The molecule has 0 radical (unpaired) electrons. The summed E-state index contributed by atoms with van der Waals surface area (Å²) in [7, 11) is -3.46. The minimum atomic E-state index is -3.46. The van der Waals surface area contributed by atoms with Crippen molar-refractivity contribution in [2.24, 2.45) is 0 Å². The molecule has 0 saturated carbocycles. The van der Waals surface area contributed by atoms with E-state index < -0.39 is 17.1 Å². The Morgan fingerprint density at radius 3 is 2.94 bits per heavy atom. The number of ether oxygens (including phenoxy) is 1. The molecule has 0 unspecified atom stereocenters.